The first-order valence-corrected chi connectivity index (χ1v) is 26.4. The van der Waals surface area contributed by atoms with Crippen LogP contribution in [0.4, 0.5) is 0 Å². The maximum absolute atomic E-state index is 12.9. The van der Waals surface area contributed by atoms with Crippen molar-refractivity contribution in [1.29, 1.82) is 0 Å². The van der Waals surface area contributed by atoms with Crippen molar-refractivity contribution in [3.8, 4) is 101 Å². The molecule has 0 fully saturated rings. The van der Waals surface area contributed by atoms with Crippen molar-refractivity contribution in [3.63, 3.8) is 0 Å². The van der Waals surface area contributed by atoms with Gasteiger partial charge in [-0.05, 0) is 91.4 Å². The molecule has 1 N–H and O–H groups in total. The summed E-state index contributed by atoms with van der Waals surface area (Å²) < 4.78 is 2.25. The quantitative estimate of drug-likeness (QED) is 0.131. The van der Waals surface area contributed by atoms with E-state index in [0.29, 0.717) is 11.4 Å². The molecule has 0 aliphatic carbocycles. The number of phenolic OH excluding ortho intramolecular Hbond substituents is 1. The van der Waals surface area contributed by atoms with Gasteiger partial charge in [0.2, 0.25) is 0 Å². The summed E-state index contributed by atoms with van der Waals surface area (Å²) in [6.07, 6.45) is 1.91. The number of hydrogen-bond donors (Lipinski definition) is 1. The van der Waals surface area contributed by atoms with Crippen molar-refractivity contribution in [2.45, 2.75) is 45.4 Å². The Balaban J connectivity index is 0.00000645. The van der Waals surface area contributed by atoms with Crippen molar-refractivity contribution >= 4 is 11.0 Å². The van der Waals surface area contributed by atoms with E-state index in [1.807, 2.05) is 36.5 Å². The summed E-state index contributed by atoms with van der Waals surface area (Å²) in [5.74, 6) is 0.776. The molecule has 0 unspecified atom stereocenters. The summed E-state index contributed by atoms with van der Waals surface area (Å²) >= 11 is 0. The normalized spacial score (nSPS) is 11.6. The zero-order valence-electron chi connectivity index (χ0n) is 44.4. The number of imidazole rings is 1. The van der Waals surface area contributed by atoms with Crippen LogP contribution < -0.4 is 0 Å². The number of pyridine rings is 1. The van der Waals surface area contributed by atoms with Crippen LogP contribution in [0, 0.1) is 6.07 Å². The van der Waals surface area contributed by atoms with Crippen molar-refractivity contribution < 1.29 is 26.2 Å². The molecule has 0 aliphatic rings. The molecule has 2 aromatic heterocycles. The third kappa shape index (κ3) is 9.85. The van der Waals surface area contributed by atoms with Gasteiger partial charge >= 0.3 is 0 Å². The number of phenols is 1. The zero-order chi connectivity index (χ0) is 52.7. The molecule has 0 saturated carbocycles. The maximum atomic E-state index is 12.9. The first-order chi connectivity index (χ1) is 37.5. The SMILES string of the molecule is CC(C)(C)c1ccc(-n2c(-c3cccc(-c4ccccc4-c4ccccc4)c3O)nc3c(-c4[c-]c(-c5cc(-c6cccc(C(C)(C)c7ccccc7)c6)ccn5)cc(-c5ccccc5)c4)cccc32)c(-c2ccccc2)c1.[Pt]. The minimum Gasteiger partial charge on any atom is -0.507 e. The summed E-state index contributed by atoms with van der Waals surface area (Å²) in [6, 6.07) is 91.1. The van der Waals surface area contributed by atoms with E-state index in [1.54, 1.807) is 0 Å². The van der Waals surface area contributed by atoms with E-state index in [1.165, 1.54) is 16.7 Å². The molecule has 4 nitrogen and oxygen atoms in total. The van der Waals surface area contributed by atoms with Crippen molar-refractivity contribution in [3.05, 3.63) is 278 Å². The molecule has 0 spiro atoms. The van der Waals surface area contributed by atoms with Crippen LogP contribution in [-0.4, -0.2) is 19.6 Å². The van der Waals surface area contributed by atoms with Gasteiger partial charge in [0.25, 0.3) is 0 Å². The fraction of sp³-hybridized carbons (Fsp3) is 0.0959. The van der Waals surface area contributed by atoms with E-state index in [-0.39, 0.29) is 37.6 Å². The molecule has 0 radical (unpaired) electrons. The molecule has 382 valence electrons. The Hall–Kier alpha value is -8.69. The van der Waals surface area contributed by atoms with E-state index in [2.05, 4.69) is 264 Å². The number of rotatable bonds is 11. The van der Waals surface area contributed by atoms with E-state index in [4.69, 9.17) is 9.97 Å². The Labute approximate surface area is 472 Å². The number of nitrogens with zero attached hydrogens (tertiary/aromatic N) is 3. The summed E-state index contributed by atoms with van der Waals surface area (Å²) in [4.78, 5) is 10.7. The Morgan fingerprint density at radius 3 is 1.64 bits per heavy atom. The summed E-state index contributed by atoms with van der Waals surface area (Å²) in [5, 5.41) is 12.9. The van der Waals surface area contributed by atoms with Crippen molar-refractivity contribution in [1.82, 2.24) is 14.5 Å². The molecule has 5 heteroatoms. The minimum absolute atomic E-state index is 0. The molecule has 0 amide bonds. The van der Waals surface area contributed by atoms with Crippen LogP contribution >= 0.6 is 0 Å². The minimum atomic E-state index is -0.192. The van der Waals surface area contributed by atoms with E-state index >= 15 is 0 Å². The van der Waals surface area contributed by atoms with Crippen LogP contribution in [0.3, 0.4) is 0 Å². The fourth-order valence-electron chi connectivity index (χ4n) is 10.8. The van der Waals surface area contributed by atoms with Gasteiger partial charge in [0.1, 0.15) is 11.6 Å². The van der Waals surface area contributed by atoms with Gasteiger partial charge in [-0.3, -0.25) is 9.55 Å². The van der Waals surface area contributed by atoms with Crippen LogP contribution in [-0.2, 0) is 31.9 Å². The Morgan fingerprint density at radius 2 is 0.936 bits per heavy atom. The van der Waals surface area contributed by atoms with Crippen LogP contribution in [0.5, 0.6) is 5.75 Å². The largest absolute Gasteiger partial charge is 0.507 e. The predicted molar refractivity (Wildman–Crippen MR) is 320 cm³/mol. The summed E-state index contributed by atoms with van der Waals surface area (Å²) in [5.41, 5.74) is 20.4. The van der Waals surface area contributed by atoms with Gasteiger partial charge in [-0.15, -0.1) is 23.8 Å². The Morgan fingerprint density at radius 1 is 0.397 bits per heavy atom. The molecule has 10 aromatic carbocycles. The predicted octanol–water partition coefficient (Wildman–Crippen LogP) is 18.9. The summed E-state index contributed by atoms with van der Waals surface area (Å²) in [6.45, 7) is 11.3. The molecule has 0 atom stereocenters. The molecule has 0 aliphatic heterocycles. The second-order valence-corrected chi connectivity index (χ2v) is 21.5. The number of fused-ring (bicyclic) bond motifs is 1. The van der Waals surface area contributed by atoms with Gasteiger partial charge in [0.15, 0.2) is 0 Å². The van der Waals surface area contributed by atoms with Crippen molar-refractivity contribution in [2.24, 2.45) is 0 Å². The fourth-order valence-corrected chi connectivity index (χ4v) is 10.8. The molecule has 78 heavy (non-hydrogen) atoms. The molecule has 2 heterocycles. The topological polar surface area (TPSA) is 50.9 Å². The standard InChI is InChI=1S/C73H58N3O.Pt/c1-72(2,3)58-39-40-67(65(48-58)51-27-14-8-15-28-51)76-68-38-22-35-61(69(68)75-71(76)64-37-21-36-63(70(64)77)62-34-19-18-33-60(62)50-25-12-7-13-26-50)55-43-54(49-23-10-6-11-24-49)44-56(45-55)66-47-53(41-42-74-66)52-29-20-32-59(46-52)73(4,5)57-30-16-9-17-31-57;/h6-44,46-48,77H,1-5H3;/q-1;. The van der Waals surface area contributed by atoms with E-state index in [9.17, 15) is 5.11 Å². The van der Waals surface area contributed by atoms with Crippen molar-refractivity contribution in [2.75, 3.05) is 0 Å². The monoisotopic (exact) mass is 1190 g/mol. The van der Waals surface area contributed by atoms with Gasteiger partial charge in [0.05, 0.1) is 22.3 Å². The van der Waals surface area contributed by atoms with E-state index < -0.39 is 0 Å². The van der Waals surface area contributed by atoms with Crippen LogP contribution in [0.25, 0.3) is 106 Å². The molecule has 12 rings (SSSR count). The average molecular weight is 1190 g/mol. The van der Waals surface area contributed by atoms with Crippen LogP contribution in [0.2, 0.25) is 0 Å². The smallest absolute Gasteiger partial charge is 0.148 e. The zero-order valence-corrected chi connectivity index (χ0v) is 46.6. The molecule has 12 aromatic rings. The van der Waals surface area contributed by atoms with Gasteiger partial charge in [-0.1, -0.05) is 258 Å². The summed E-state index contributed by atoms with van der Waals surface area (Å²) in [7, 11) is 0. The number of aromatic nitrogens is 3. The number of para-hydroxylation sites is 2. The number of hydrogen-bond acceptors (Lipinski definition) is 3. The number of benzene rings is 10. The molecular formula is C73H58N3OPt-. The Kier molecular flexibility index (Phi) is 14.1. The molecular weight excluding hydrogens is 1130 g/mol. The Bertz CT molecular complexity index is 4100. The molecule has 0 bridgehead atoms. The second kappa shape index (κ2) is 21.4. The van der Waals surface area contributed by atoms with Crippen LogP contribution in [0.1, 0.15) is 51.3 Å². The first-order valence-electron chi connectivity index (χ1n) is 26.4. The third-order valence-corrected chi connectivity index (χ3v) is 15.2. The third-order valence-electron chi connectivity index (χ3n) is 15.2. The van der Waals surface area contributed by atoms with Gasteiger partial charge in [0, 0.05) is 49.5 Å². The van der Waals surface area contributed by atoms with E-state index in [0.717, 1.165) is 94.7 Å². The maximum Gasteiger partial charge on any atom is 0.148 e. The number of aromatic hydroxyl groups is 1. The molecule has 0 saturated heterocycles. The first kappa shape index (κ1) is 51.4. The van der Waals surface area contributed by atoms with Gasteiger partial charge < -0.3 is 5.11 Å². The second-order valence-electron chi connectivity index (χ2n) is 21.5. The average Bonchev–Trinajstić information content (AvgIpc) is 4.06. The van der Waals surface area contributed by atoms with Gasteiger partial charge in [-0.2, -0.15) is 0 Å². The van der Waals surface area contributed by atoms with Gasteiger partial charge in [-0.25, -0.2) is 4.98 Å². The van der Waals surface area contributed by atoms with Crippen LogP contribution in [0.15, 0.2) is 255 Å².